The zero-order valence-electron chi connectivity index (χ0n) is 11.8. The predicted octanol–water partition coefficient (Wildman–Crippen LogP) is 2.56. The quantitative estimate of drug-likeness (QED) is 0.909. The molecule has 0 aliphatic carbocycles. The molecule has 0 unspecified atom stereocenters. The number of ether oxygens (including phenoxy) is 2. The lowest BCUT2D eigenvalue weighted by molar-refractivity contribution is 0.0935. The fraction of sp³-hybridized carbons (Fsp3) is 0.188. The smallest absolute Gasteiger partial charge is 0.255 e. The number of rotatable bonds is 3. The van der Waals surface area contributed by atoms with Crippen molar-refractivity contribution in [2.75, 3.05) is 19.5 Å². The molecule has 5 heteroatoms. The molecule has 0 radical (unpaired) electrons. The van der Waals surface area contributed by atoms with Gasteiger partial charge in [0.2, 0.25) is 0 Å². The van der Waals surface area contributed by atoms with Gasteiger partial charge in [0.1, 0.15) is 6.17 Å². The van der Waals surface area contributed by atoms with Crippen LogP contribution in [-0.2, 0) is 0 Å². The maximum atomic E-state index is 12.1. The van der Waals surface area contributed by atoms with Crippen molar-refractivity contribution < 1.29 is 14.3 Å². The van der Waals surface area contributed by atoms with Crippen molar-refractivity contribution in [3.05, 3.63) is 53.6 Å². The highest BCUT2D eigenvalue weighted by atomic mass is 16.5. The molecule has 1 atom stereocenters. The molecular formula is C16H16N2O3. The van der Waals surface area contributed by atoms with E-state index in [1.54, 1.807) is 20.3 Å². The number of anilines is 1. The molecule has 0 fully saturated rings. The van der Waals surface area contributed by atoms with Crippen LogP contribution in [0, 0.1) is 0 Å². The molecule has 2 N–H and O–H groups in total. The summed E-state index contributed by atoms with van der Waals surface area (Å²) < 4.78 is 10.5. The predicted molar refractivity (Wildman–Crippen MR) is 79.8 cm³/mol. The summed E-state index contributed by atoms with van der Waals surface area (Å²) in [5.41, 5.74) is 2.37. The molecular weight excluding hydrogens is 268 g/mol. The van der Waals surface area contributed by atoms with E-state index in [0.717, 1.165) is 11.3 Å². The van der Waals surface area contributed by atoms with E-state index in [4.69, 9.17) is 9.47 Å². The first-order valence-electron chi connectivity index (χ1n) is 6.61. The van der Waals surface area contributed by atoms with Crippen molar-refractivity contribution in [3.63, 3.8) is 0 Å². The molecule has 1 amide bonds. The first kappa shape index (κ1) is 13.3. The Labute approximate surface area is 122 Å². The van der Waals surface area contributed by atoms with Gasteiger partial charge in [0.05, 0.1) is 19.8 Å². The molecule has 2 aromatic carbocycles. The largest absolute Gasteiger partial charge is 0.493 e. The third-order valence-corrected chi connectivity index (χ3v) is 3.49. The highest BCUT2D eigenvalue weighted by Crippen LogP contribution is 2.32. The summed E-state index contributed by atoms with van der Waals surface area (Å²) in [7, 11) is 3.18. The Morgan fingerprint density at radius 1 is 0.952 bits per heavy atom. The number of hydrogen-bond acceptors (Lipinski definition) is 4. The summed E-state index contributed by atoms with van der Waals surface area (Å²) in [6.07, 6.45) is -0.299. The van der Waals surface area contributed by atoms with E-state index in [2.05, 4.69) is 10.6 Å². The van der Waals surface area contributed by atoms with Gasteiger partial charge in [-0.05, 0) is 29.8 Å². The zero-order valence-corrected chi connectivity index (χ0v) is 11.8. The first-order valence-corrected chi connectivity index (χ1v) is 6.61. The number of amides is 1. The fourth-order valence-electron chi connectivity index (χ4n) is 2.41. The van der Waals surface area contributed by atoms with Gasteiger partial charge in [-0.2, -0.15) is 0 Å². The summed E-state index contributed by atoms with van der Waals surface area (Å²) >= 11 is 0. The average molecular weight is 284 g/mol. The normalized spacial score (nSPS) is 16.5. The van der Waals surface area contributed by atoms with Gasteiger partial charge in [-0.1, -0.05) is 18.2 Å². The van der Waals surface area contributed by atoms with Crippen LogP contribution in [0.1, 0.15) is 22.1 Å². The van der Waals surface area contributed by atoms with E-state index >= 15 is 0 Å². The van der Waals surface area contributed by atoms with Gasteiger partial charge >= 0.3 is 0 Å². The number of para-hydroxylation sites is 1. The number of benzene rings is 2. The highest BCUT2D eigenvalue weighted by Gasteiger charge is 2.24. The van der Waals surface area contributed by atoms with E-state index in [9.17, 15) is 4.79 Å². The van der Waals surface area contributed by atoms with Crippen molar-refractivity contribution in [2.45, 2.75) is 6.17 Å². The zero-order chi connectivity index (χ0) is 14.8. The van der Waals surface area contributed by atoms with Gasteiger partial charge in [-0.3, -0.25) is 4.79 Å². The number of carbonyl (C=O) groups is 1. The van der Waals surface area contributed by atoms with Gasteiger partial charge in [-0.15, -0.1) is 0 Å². The summed E-state index contributed by atoms with van der Waals surface area (Å²) in [5.74, 6) is 1.19. The Morgan fingerprint density at radius 2 is 1.71 bits per heavy atom. The minimum atomic E-state index is -0.299. The Morgan fingerprint density at radius 3 is 2.48 bits per heavy atom. The number of carbonyl (C=O) groups excluding carboxylic acids is 1. The molecule has 1 heterocycles. The molecule has 5 nitrogen and oxygen atoms in total. The summed E-state index contributed by atoms with van der Waals surface area (Å²) in [6, 6.07) is 13.0. The van der Waals surface area contributed by atoms with E-state index in [1.165, 1.54) is 0 Å². The number of methoxy groups -OCH3 is 2. The van der Waals surface area contributed by atoms with Crippen LogP contribution in [0.15, 0.2) is 42.5 Å². The second-order valence-corrected chi connectivity index (χ2v) is 4.71. The van der Waals surface area contributed by atoms with Crippen LogP contribution in [0.2, 0.25) is 0 Å². The van der Waals surface area contributed by atoms with Crippen LogP contribution in [0.4, 0.5) is 5.69 Å². The van der Waals surface area contributed by atoms with Crippen LogP contribution in [0.3, 0.4) is 0 Å². The third-order valence-electron chi connectivity index (χ3n) is 3.49. The van der Waals surface area contributed by atoms with E-state index in [0.29, 0.717) is 17.1 Å². The molecule has 0 saturated carbocycles. The molecule has 21 heavy (non-hydrogen) atoms. The number of hydrogen-bond donors (Lipinski definition) is 2. The standard InChI is InChI=1S/C16H16N2O3/c1-20-13-8-7-10(9-14(13)21-2)15-17-12-6-4-3-5-11(12)16(19)18-15/h3-9,15,17H,1-2H3,(H,18,19)/t15-/m1/s1. The Balaban J connectivity index is 1.94. The summed E-state index contributed by atoms with van der Waals surface area (Å²) in [5, 5.41) is 6.24. The van der Waals surface area contributed by atoms with Crippen LogP contribution in [0.5, 0.6) is 11.5 Å². The van der Waals surface area contributed by atoms with Crippen LogP contribution in [0.25, 0.3) is 0 Å². The van der Waals surface area contributed by atoms with E-state index in [-0.39, 0.29) is 12.1 Å². The van der Waals surface area contributed by atoms with Gasteiger partial charge in [-0.25, -0.2) is 0 Å². The van der Waals surface area contributed by atoms with Crippen molar-refractivity contribution in [2.24, 2.45) is 0 Å². The Hall–Kier alpha value is -2.69. The molecule has 3 rings (SSSR count). The lowest BCUT2D eigenvalue weighted by atomic mass is 10.1. The Kier molecular flexibility index (Phi) is 3.39. The molecule has 0 aromatic heterocycles. The minimum absolute atomic E-state index is 0.0934. The van der Waals surface area contributed by atoms with Gasteiger partial charge in [0.25, 0.3) is 5.91 Å². The minimum Gasteiger partial charge on any atom is -0.493 e. The maximum absolute atomic E-state index is 12.1. The summed E-state index contributed by atoms with van der Waals surface area (Å²) in [4.78, 5) is 12.1. The second kappa shape index (κ2) is 5.36. The van der Waals surface area contributed by atoms with E-state index in [1.807, 2.05) is 36.4 Å². The third kappa shape index (κ3) is 2.38. The van der Waals surface area contributed by atoms with Gasteiger partial charge < -0.3 is 20.1 Å². The van der Waals surface area contributed by atoms with Crippen molar-refractivity contribution in [1.82, 2.24) is 5.32 Å². The summed E-state index contributed by atoms with van der Waals surface area (Å²) in [6.45, 7) is 0. The highest BCUT2D eigenvalue weighted by molar-refractivity contribution is 6.01. The Bertz CT molecular complexity index is 685. The van der Waals surface area contributed by atoms with Crippen molar-refractivity contribution in [1.29, 1.82) is 0 Å². The van der Waals surface area contributed by atoms with Crippen LogP contribution < -0.4 is 20.1 Å². The van der Waals surface area contributed by atoms with Gasteiger partial charge in [0.15, 0.2) is 11.5 Å². The molecule has 1 aliphatic heterocycles. The lowest BCUT2D eigenvalue weighted by Gasteiger charge is -2.28. The average Bonchev–Trinajstić information content (AvgIpc) is 2.54. The molecule has 1 aliphatic rings. The molecule has 108 valence electrons. The SMILES string of the molecule is COc1ccc([C@H]2NC(=O)c3ccccc3N2)cc1OC. The van der Waals surface area contributed by atoms with Crippen molar-refractivity contribution >= 4 is 11.6 Å². The monoisotopic (exact) mass is 284 g/mol. The van der Waals surface area contributed by atoms with Crippen molar-refractivity contribution in [3.8, 4) is 11.5 Å². The fourth-order valence-corrected chi connectivity index (χ4v) is 2.41. The van der Waals surface area contributed by atoms with Crippen LogP contribution in [-0.4, -0.2) is 20.1 Å². The van der Waals surface area contributed by atoms with Gasteiger partial charge in [0, 0.05) is 5.69 Å². The number of nitrogens with one attached hydrogen (secondary N) is 2. The first-order chi connectivity index (χ1) is 10.2. The second-order valence-electron chi connectivity index (χ2n) is 4.71. The molecule has 2 aromatic rings. The molecule has 0 spiro atoms. The van der Waals surface area contributed by atoms with E-state index < -0.39 is 0 Å². The molecule has 0 saturated heterocycles. The maximum Gasteiger partial charge on any atom is 0.255 e. The topological polar surface area (TPSA) is 59.6 Å². The van der Waals surface area contributed by atoms with Crippen LogP contribution >= 0.6 is 0 Å². The lowest BCUT2D eigenvalue weighted by Crippen LogP contribution is -2.38. The number of fused-ring (bicyclic) bond motifs is 1. The molecule has 0 bridgehead atoms.